The van der Waals surface area contributed by atoms with E-state index in [2.05, 4.69) is 24.3 Å². The molecular formula is C27H24N2O3. The monoisotopic (exact) mass is 424 g/mol. The van der Waals surface area contributed by atoms with E-state index in [0.29, 0.717) is 25.0 Å². The van der Waals surface area contributed by atoms with Gasteiger partial charge in [-0.3, -0.25) is 0 Å². The lowest BCUT2D eigenvalue weighted by Gasteiger charge is -2.08. The maximum Gasteiger partial charge on any atom is 0.222 e. The Balaban J connectivity index is 1.50. The summed E-state index contributed by atoms with van der Waals surface area (Å²) >= 11 is 0. The lowest BCUT2D eigenvalue weighted by molar-refractivity contribution is 0.310. The molecule has 0 fully saturated rings. The highest BCUT2D eigenvalue weighted by Gasteiger charge is 2.30. The topological polar surface area (TPSA) is 52.4 Å². The molecule has 2 heterocycles. The van der Waals surface area contributed by atoms with Crippen molar-refractivity contribution in [2.24, 2.45) is 9.98 Å². The summed E-state index contributed by atoms with van der Waals surface area (Å²) in [5.41, 5.74) is 4.00. The normalized spacial score (nSPS) is 19.4. The molecule has 2 aliphatic rings. The van der Waals surface area contributed by atoms with Crippen molar-refractivity contribution in [3.05, 3.63) is 107 Å². The van der Waals surface area contributed by atoms with Gasteiger partial charge in [0.15, 0.2) is 0 Å². The van der Waals surface area contributed by atoms with E-state index in [1.165, 1.54) is 0 Å². The van der Waals surface area contributed by atoms with Crippen molar-refractivity contribution >= 4 is 17.9 Å². The molecule has 3 aromatic rings. The van der Waals surface area contributed by atoms with Gasteiger partial charge in [-0.2, -0.15) is 0 Å². The molecule has 5 nitrogen and oxygen atoms in total. The summed E-state index contributed by atoms with van der Waals surface area (Å²) in [7, 11) is 1.66. The van der Waals surface area contributed by atoms with Crippen LogP contribution in [0.5, 0.6) is 5.75 Å². The summed E-state index contributed by atoms with van der Waals surface area (Å²) < 4.78 is 17.4. The Labute approximate surface area is 187 Å². The molecule has 5 heteroatoms. The van der Waals surface area contributed by atoms with Crippen LogP contribution in [0, 0.1) is 0 Å². The summed E-state index contributed by atoms with van der Waals surface area (Å²) in [5.74, 6) is 1.92. The molecule has 0 bridgehead atoms. The average Bonchev–Trinajstić information content (AvgIpc) is 3.55. The Kier molecular flexibility index (Phi) is 5.71. The van der Waals surface area contributed by atoms with Crippen LogP contribution in [0.3, 0.4) is 0 Å². The van der Waals surface area contributed by atoms with Crippen LogP contribution in [0.1, 0.15) is 28.8 Å². The molecule has 0 saturated heterocycles. The van der Waals surface area contributed by atoms with Gasteiger partial charge in [0.05, 0.1) is 12.7 Å². The Bertz CT molecular complexity index is 1090. The molecule has 0 unspecified atom stereocenters. The van der Waals surface area contributed by atoms with Crippen LogP contribution >= 0.6 is 0 Å². The van der Waals surface area contributed by atoms with Gasteiger partial charge >= 0.3 is 0 Å². The third kappa shape index (κ3) is 4.28. The molecule has 0 amide bonds. The van der Waals surface area contributed by atoms with Gasteiger partial charge in [-0.05, 0) is 34.9 Å². The van der Waals surface area contributed by atoms with Crippen molar-refractivity contribution < 1.29 is 14.2 Å². The second kappa shape index (κ2) is 9.10. The van der Waals surface area contributed by atoms with E-state index in [4.69, 9.17) is 24.2 Å². The van der Waals surface area contributed by atoms with Crippen LogP contribution < -0.4 is 4.74 Å². The van der Waals surface area contributed by atoms with E-state index < -0.39 is 0 Å². The lowest BCUT2D eigenvalue weighted by atomic mass is 10.1. The van der Waals surface area contributed by atoms with Crippen molar-refractivity contribution in [3.8, 4) is 5.75 Å². The number of hydrogen-bond donors (Lipinski definition) is 0. The number of ether oxygens (including phenoxy) is 3. The molecule has 0 saturated carbocycles. The maximum absolute atomic E-state index is 6.05. The Morgan fingerprint density at radius 3 is 1.72 bits per heavy atom. The fraction of sp³-hybridized carbons (Fsp3) is 0.185. The van der Waals surface area contributed by atoms with Gasteiger partial charge in [0.1, 0.15) is 31.0 Å². The molecule has 5 rings (SSSR count). The molecule has 3 aromatic carbocycles. The highest BCUT2D eigenvalue weighted by molar-refractivity contribution is 6.22. The van der Waals surface area contributed by atoms with Gasteiger partial charge in [-0.15, -0.1) is 0 Å². The third-order valence-electron chi connectivity index (χ3n) is 5.56. The first-order chi connectivity index (χ1) is 15.8. The predicted molar refractivity (Wildman–Crippen MR) is 126 cm³/mol. The van der Waals surface area contributed by atoms with Crippen LogP contribution in [0.15, 0.2) is 100 Å². The lowest BCUT2D eigenvalue weighted by Crippen LogP contribution is -2.14. The van der Waals surface area contributed by atoms with Crippen LogP contribution in [-0.4, -0.2) is 32.1 Å². The molecular weight excluding hydrogens is 400 g/mol. The van der Waals surface area contributed by atoms with Crippen LogP contribution in [-0.2, 0) is 9.47 Å². The van der Waals surface area contributed by atoms with Gasteiger partial charge < -0.3 is 14.2 Å². The highest BCUT2D eigenvalue weighted by atomic mass is 16.5. The van der Waals surface area contributed by atoms with Gasteiger partial charge in [-0.1, -0.05) is 72.8 Å². The standard InChI is InChI=1S/C27H24N2O3/c1-30-22-14-12-19(13-15-22)16-23(26-28-24(17-31-26)20-8-4-2-5-9-20)27-29-25(18-32-27)21-10-6-3-7-11-21/h2-16,24-25H,17-18H2,1H3/t24-,25-/m1/s1. The first-order valence-electron chi connectivity index (χ1n) is 10.7. The molecule has 32 heavy (non-hydrogen) atoms. The smallest absolute Gasteiger partial charge is 0.222 e. The summed E-state index contributed by atoms with van der Waals surface area (Å²) in [4.78, 5) is 9.74. The van der Waals surface area contributed by atoms with Crippen molar-refractivity contribution in [1.29, 1.82) is 0 Å². The number of aliphatic imine (C=N–C) groups is 2. The van der Waals surface area contributed by atoms with Crippen molar-refractivity contribution in [3.63, 3.8) is 0 Å². The molecule has 2 aliphatic heterocycles. The Morgan fingerprint density at radius 1 is 0.750 bits per heavy atom. The quantitative estimate of drug-likeness (QED) is 0.531. The summed E-state index contributed by atoms with van der Waals surface area (Å²) in [5, 5.41) is 0. The zero-order valence-corrected chi connectivity index (χ0v) is 17.8. The SMILES string of the molecule is COc1ccc(C=C(C2=N[C@@H](c3ccccc3)CO2)C2=N[C@@H](c3ccccc3)CO2)cc1. The summed E-state index contributed by atoms with van der Waals surface area (Å²) in [6, 6.07) is 28.1. The summed E-state index contributed by atoms with van der Waals surface area (Å²) in [6.45, 7) is 0.989. The van der Waals surface area contributed by atoms with Crippen LogP contribution in [0.4, 0.5) is 0 Å². The first kappa shape index (κ1) is 20.1. The van der Waals surface area contributed by atoms with E-state index in [-0.39, 0.29) is 12.1 Å². The molecule has 0 spiro atoms. The number of nitrogens with zero attached hydrogens (tertiary/aromatic N) is 2. The fourth-order valence-electron chi connectivity index (χ4n) is 3.82. The van der Waals surface area contributed by atoms with E-state index in [9.17, 15) is 0 Å². The van der Waals surface area contributed by atoms with E-state index in [0.717, 1.165) is 28.0 Å². The third-order valence-corrected chi connectivity index (χ3v) is 5.56. The Morgan fingerprint density at radius 2 is 1.25 bits per heavy atom. The fourth-order valence-corrected chi connectivity index (χ4v) is 3.82. The first-order valence-corrected chi connectivity index (χ1v) is 10.7. The molecule has 160 valence electrons. The number of methoxy groups -OCH3 is 1. The van der Waals surface area contributed by atoms with E-state index in [1.807, 2.05) is 66.7 Å². The molecule has 0 N–H and O–H groups in total. The second-order valence-corrected chi connectivity index (χ2v) is 7.67. The minimum Gasteiger partial charge on any atom is -0.497 e. The number of hydrogen-bond acceptors (Lipinski definition) is 5. The van der Waals surface area contributed by atoms with Gasteiger partial charge in [0.25, 0.3) is 0 Å². The van der Waals surface area contributed by atoms with Crippen LogP contribution in [0.2, 0.25) is 0 Å². The average molecular weight is 425 g/mol. The van der Waals surface area contributed by atoms with Crippen molar-refractivity contribution in [2.45, 2.75) is 12.1 Å². The molecule has 0 aromatic heterocycles. The van der Waals surface area contributed by atoms with Crippen LogP contribution in [0.25, 0.3) is 6.08 Å². The maximum atomic E-state index is 6.05. The number of rotatable bonds is 6. The second-order valence-electron chi connectivity index (χ2n) is 7.67. The largest absolute Gasteiger partial charge is 0.497 e. The van der Waals surface area contributed by atoms with E-state index in [1.54, 1.807) is 7.11 Å². The van der Waals surface area contributed by atoms with E-state index >= 15 is 0 Å². The summed E-state index contributed by atoms with van der Waals surface area (Å²) in [6.07, 6.45) is 2.01. The molecule has 0 radical (unpaired) electrons. The molecule has 0 aliphatic carbocycles. The highest BCUT2D eigenvalue weighted by Crippen LogP contribution is 2.30. The van der Waals surface area contributed by atoms with Gasteiger partial charge in [0.2, 0.25) is 11.8 Å². The van der Waals surface area contributed by atoms with Crippen molar-refractivity contribution in [1.82, 2.24) is 0 Å². The zero-order chi connectivity index (χ0) is 21.8. The minimum atomic E-state index is -0.0441. The predicted octanol–water partition coefficient (Wildman–Crippen LogP) is 5.42. The van der Waals surface area contributed by atoms with Gasteiger partial charge in [-0.25, -0.2) is 9.98 Å². The Hall–Kier alpha value is -3.86. The molecule has 2 atom stereocenters. The van der Waals surface area contributed by atoms with Crippen molar-refractivity contribution in [2.75, 3.05) is 20.3 Å². The van der Waals surface area contributed by atoms with Gasteiger partial charge in [0, 0.05) is 0 Å². The minimum absolute atomic E-state index is 0.0441. The number of benzene rings is 3. The zero-order valence-electron chi connectivity index (χ0n) is 17.8.